The third kappa shape index (κ3) is 4.05. The molecule has 2 aromatic carbocycles. The summed E-state index contributed by atoms with van der Waals surface area (Å²) in [6.45, 7) is 1.44. The van der Waals surface area contributed by atoms with Crippen LogP contribution in [0.2, 0.25) is 0 Å². The molecule has 0 aliphatic carbocycles. The maximum absolute atomic E-state index is 12.8. The molecule has 0 saturated carbocycles. The number of nitrogens with one attached hydrogen (secondary N) is 1. The lowest BCUT2D eigenvalue weighted by Gasteiger charge is -2.14. The highest BCUT2D eigenvalue weighted by Crippen LogP contribution is 2.26. The van der Waals surface area contributed by atoms with Crippen LogP contribution >= 0.6 is 11.8 Å². The van der Waals surface area contributed by atoms with Crippen molar-refractivity contribution >= 4 is 16.9 Å². The van der Waals surface area contributed by atoms with Crippen molar-refractivity contribution in [1.29, 1.82) is 0 Å². The van der Waals surface area contributed by atoms with Crippen LogP contribution in [-0.2, 0) is 11.2 Å². The van der Waals surface area contributed by atoms with Crippen molar-refractivity contribution in [3.63, 3.8) is 0 Å². The Morgan fingerprint density at radius 1 is 1.04 bits per heavy atom. The molecule has 1 heterocycles. The van der Waals surface area contributed by atoms with Crippen molar-refractivity contribution in [2.45, 2.75) is 25.1 Å². The van der Waals surface area contributed by atoms with Gasteiger partial charge < -0.3 is 0 Å². The monoisotopic (exact) mass is 369 g/mol. The summed E-state index contributed by atoms with van der Waals surface area (Å²) in [5.74, 6) is 0. The first-order valence-corrected chi connectivity index (χ1v) is 9.14. The third-order valence-electron chi connectivity index (χ3n) is 3.95. The maximum Gasteiger partial charge on any atom is 0.352 e. The Morgan fingerprint density at radius 3 is 2.27 bits per heavy atom. The summed E-state index contributed by atoms with van der Waals surface area (Å²) in [6, 6.07) is 18.6. The molecule has 26 heavy (non-hydrogen) atoms. The van der Waals surface area contributed by atoms with Crippen molar-refractivity contribution in [2.75, 3.05) is 0 Å². The number of benzene rings is 2. The molecule has 0 aliphatic rings. The lowest BCUT2D eigenvalue weighted by molar-refractivity contribution is -0.109. The van der Waals surface area contributed by atoms with Crippen LogP contribution in [0, 0.1) is 0 Å². The van der Waals surface area contributed by atoms with Gasteiger partial charge in [0, 0.05) is 6.92 Å². The Labute approximate surface area is 154 Å². The second kappa shape index (κ2) is 8.05. The number of aromatic amines is 1. The van der Waals surface area contributed by atoms with E-state index in [-0.39, 0.29) is 5.12 Å². The molecular weight excluding hydrogens is 350 g/mol. The van der Waals surface area contributed by atoms with Gasteiger partial charge in [0.2, 0.25) is 0 Å². The minimum absolute atomic E-state index is 0.137. The van der Waals surface area contributed by atoms with Gasteiger partial charge in [-0.1, -0.05) is 60.3 Å². The zero-order valence-corrected chi connectivity index (χ0v) is 15.1. The van der Waals surface area contributed by atoms with E-state index >= 15 is 0 Å². The van der Waals surface area contributed by atoms with E-state index in [1.54, 1.807) is 24.3 Å². The lowest BCUT2D eigenvalue weighted by Crippen LogP contribution is -2.32. The molecule has 0 fully saturated rings. The first-order valence-electron chi connectivity index (χ1n) is 8.26. The average molecular weight is 369 g/mol. The number of rotatable bonds is 6. The Morgan fingerprint density at radius 2 is 1.65 bits per heavy atom. The molecule has 6 nitrogen and oxygen atoms in total. The van der Waals surface area contributed by atoms with Crippen molar-refractivity contribution in [2.24, 2.45) is 0 Å². The van der Waals surface area contributed by atoms with Gasteiger partial charge in [-0.2, -0.15) is 0 Å². The number of aryl methyl sites for hydroxylation is 1. The highest BCUT2D eigenvalue weighted by atomic mass is 32.2. The number of hydrogen-bond acceptors (Lipinski definition) is 4. The largest absolute Gasteiger partial charge is 0.352 e. The van der Waals surface area contributed by atoms with Crippen molar-refractivity contribution < 1.29 is 4.79 Å². The predicted octanol–water partition coefficient (Wildman–Crippen LogP) is 2.74. The molecule has 3 aromatic rings. The molecule has 3 rings (SSSR count). The smallest absolute Gasteiger partial charge is 0.287 e. The highest BCUT2D eigenvalue weighted by molar-refractivity contribution is 8.13. The molecule has 1 aromatic heterocycles. The standard InChI is InChI=1S/C19H19N3O3S/c1-14(23)26-17(13-12-15-8-4-2-5-9-15)21-18(24)20-22(19(21)25)16-10-6-3-7-11-16/h2-11,17H,12-13H2,1H3,(H,20,24). The first-order chi connectivity index (χ1) is 12.6. The fourth-order valence-electron chi connectivity index (χ4n) is 2.77. The van der Waals surface area contributed by atoms with Crippen LogP contribution in [0.3, 0.4) is 0 Å². The fourth-order valence-corrected chi connectivity index (χ4v) is 3.68. The second-order valence-electron chi connectivity index (χ2n) is 5.83. The minimum Gasteiger partial charge on any atom is -0.287 e. The number of thioether (sulfide) groups is 1. The van der Waals surface area contributed by atoms with E-state index < -0.39 is 16.8 Å². The van der Waals surface area contributed by atoms with Gasteiger partial charge in [-0.05, 0) is 30.5 Å². The van der Waals surface area contributed by atoms with Gasteiger partial charge >= 0.3 is 11.4 Å². The number of carbonyl (C=O) groups is 1. The van der Waals surface area contributed by atoms with E-state index in [9.17, 15) is 14.4 Å². The van der Waals surface area contributed by atoms with Crippen molar-refractivity contribution in [3.8, 4) is 5.69 Å². The molecule has 0 aliphatic heterocycles. The number of carbonyl (C=O) groups excluding carboxylic acids is 1. The van der Waals surface area contributed by atoms with Crippen molar-refractivity contribution in [3.05, 3.63) is 87.2 Å². The van der Waals surface area contributed by atoms with E-state index in [4.69, 9.17) is 0 Å². The summed E-state index contributed by atoms with van der Waals surface area (Å²) in [5.41, 5.74) is 0.662. The van der Waals surface area contributed by atoms with Gasteiger partial charge in [0.15, 0.2) is 5.12 Å². The van der Waals surface area contributed by atoms with Gasteiger partial charge in [0.1, 0.15) is 0 Å². The number of para-hydroxylation sites is 1. The molecule has 1 N–H and O–H groups in total. The minimum atomic E-state index is -0.561. The summed E-state index contributed by atoms with van der Waals surface area (Å²) < 4.78 is 2.33. The Kier molecular flexibility index (Phi) is 5.58. The maximum atomic E-state index is 12.8. The first kappa shape index (κ1) is 18.0. The molecule has 0 bridgehead atoms. The number of hydrogen-bond donors (Lipinski definition) is 1. The number of aromatic nitrogens is 3. The molecule has 134 valence electrons. The van der Waals surface area contributed by atoms with E-state index in [0.717, 1.165) is 21.9 Å². The van der Waals surface area contributed by atoms with E-state index in [2.05, 4.69) is 5.10 Å². The van der Waals surface area contributed by atoms with Crippen LogP contribution in [0.5, 0.6) is 0 Å². The van der Waals surface area contributed by atoms with Gasteiger partial charge in [-0.25, -0.2) is 23.9 Å². The van der Waals surface area contributed by atoms with Gasteiger partial charge in [-0.3, -0.25) is 4.79 Å². The van der Waals surface area contributed by atoms with E-state index in [1.165, 1.54) is 11.6 Å². The normalized spacial score (nSPS) is 12.0. The molecular formula is C19H19N3O3S. The summed E-state index contributed by atoms with van der Waals surface area (Å²) in [4.78, 5) is 36.9. The van der Waals surface area contributed by atoms with E-state index in [1.807, 2.05) is 36.4 Å². The Bertz CT molecular complexity index is 990. The molecule has 1 unspecified atom stereocenters. The number of nitrogens with zero attached hydrogens (tertiary/aromatic N) is 2. The Hall–Kier alpha value is -2.80. The summed E-state index contributed by atoms with van der Waals surface area (Å²) >= 11 is 0.999. The van der Waals surface area contributed by atoms with Crippen LogP contribution in [0.25, 0.3) is 5.69 Å². The summed E-state index contributed by atoms with van der Waals surface area (Å²) in [7, 11) is 0. The van der Waals surface area contributed by atoms with Crippen LogP contribution in [0.1, 0.15) is 24.3 Å². The van der Waals surface area contributed by atoms with Gasteiger partial charge in [0.25, 0.3) is 0 Å². The molecule has 0 saturated heterocycles. The highest BCUT2D eigenvalue weighted by Gasteiger charge is 2.22. The average Bonchev–Trinajstić information content (AvgIpc) is 2.94. The molecule has 0 radical (unpaired) electrons. The lowest BCUT2D eigenvalue weighted by atomic mass is 10.1. The molecule has 1 atom stereocenters. The van der Waals surface area contributed by atoms with Gasteiger partial charge in [-0.15, -0.1) is 0 Å². The second-order valence-corrected chi connectivity index (χ2v) is 7.18. The molecule has 7 heteroatoms. The summed E-state index contributed by atoms with van der Waals surface area (Å²) in [5, 5.41) is 1.87. The van der Waals surface area contributed by atoms with Crippen LogP contribution < -0.4 is 11.4 Å². The third-order valence-corrected chi connectivity index (χ3v) is 5.00. The Balaban J connectivity index is 1.94. The van der Waals surface area contributed by atoms with Crippen LogP contribution in [0.4, 0.5) is 0 Å². The van der Waals surface area contributed by atoms with Crippen LogP contribution in [0.15, 0.2) is 70.3 Å². The fraction of sp³-hybridized carbons (Fsp3) is 0.211. The quantitative estimate of drug-likeness (QED) is 0.725. The number of H-pyrrole nitrogens is 1. The van der Waals surface area contributed by atoms with Crippen LogP contribution in [-0.4, -0.2) is 19.5 Å². The zero-order valence-electron chi connectivity index (χ0n) is 14.3. The summed E-state index contributed by atoms with van der Waals surface area (Å²) in [6.07, 6.45) is 1.16. The predicted molar refractivity (Wildman–Crippen MR) is 103 cm³/mol. The zero-order chi connectivity index (χ0) is 18.5. The molecule has 0 spiro atoms. The van der Waals surface area contributed by atoms with Crippen molar-refractivity contribution in [1.82, 2.24) is 14.3 Å². The topological polar surface area (TPSA) is 76.9 Å². The van der Waals surface area contributed by atoms with E-state index in [0.29, 0.717) is 18.5 Å². The van der Waals surface area contributed by atoms with Gasteiger partial charge in [0.05, 0.1) is 11.1 Å². The molecule has 0 amide bonds. The SMILES string of the molecule is CC(=O)SC(CCc1ccccc1)n1c(=O)[nH]n(-c2ccccc2)c1=O.